The molecule has 0 saturated carbocycles. The quantitative estimate of drug-likeness (QED) is 0.794. The molecule has 2 heterocycles. The predicted molar refractivity (Wildman–Crippen MR) is 72.7 cm³/mol. The number of aryl methyl sites for hydroxylation is 1. The van der Waals surface area contributed by atoms with Crippen LogP contribution in [0.25, 0.3) is 0 Å². The Bertz CT molecular complexity index is 556. The van der Waals surface area contributed by atoms with Gasteiger partial charge in [-0.3, -0.25) is 0 Å². The van der Waals surface area contributed by atoms with E-state index in [1.54, 1.807) is 20.0 Å². The van der Waals surface area contributed by atoms with Gasteiger partial charge in [-0.25, -0.2) is 17.7 Å². The van der Waals surface area contributed by atoms with Crippen molar-refractivity contribution < 1.29 is 13.2 Å². The second-order valence-corrected chi connectivity index (χ2v) is 7.20. The molecule has 2 rings (SSSR count). The molecule has 1 aliphatic rings. The third-order valence-electron chi connectivity index (χ3n) is 3.24. The van der Waals surface area contributed by atoms with Gasteiger partial charge in [-0.05, 0) is 30.9 Å². The van der Waals surface area contributed by atoms with Gasteiger partial charge in [0, 0.05) is 26.4 Å². The van der Waals surface area contributed by atoms with Crippen LogP contribution >= 0.6 is 11.6 Å². The second kappa shape index (κ2) is 5.75. The van der Waals surface area contributed by atoms with E-state index in [-0.39, 0.29) is 10.8 Å². The minimum Gasteiger partial charge on any atom is -0.381 e. The summed E-state index contributed by atoms with van der Waals surface area (Å²) in [6, 6.07) is 1.55. The smallest absolute Gasteiger partial charge is 0.244 e. The van der Waals surface area contributed by atoms with E-state index in [9.17, 15) is 8.42 Å². The van der Waals surface area contributed by atoms with Crippen LogP contribution in [0.2, 0.25) is 5.15 Å². The van der Waals surface area contributed by atoms with Crippen molar-refractivity contribution in [2.24, 2.45) is 5.92 Å². The zero-order valence-corrected chi connectivity index (χ0v) is 12.5. The summed E-state index contributed by atoms with van der Waals surface area (Å²) in [5.74, 6) is 0.265. The third-order valence-corrected chi connectivity index (χ3v) is 5.42. The first-order valence-corrected chi connectivity index (χ1v) is 7.89. The van der Waals surface area contributed by atoms with Crippen molar-refractivity contribution in [3.63, 3.8) is 0 Å². The summed E-state index contributed by atoms with van der Waals surface area (Å²) in [7, 11) is -1.93. The van der Waals surface area contributed by atoms with E-state index in [0.29, 0.717) is 30.5 Å². The molecule has 0 spiro atoms. The molecule has 5 nitrogen and oxygen atoms in total. The number of pyridine rings is 1. The molecule has 0 radical (unpaired) electrons. The van der Waals surface area contributed by atoms with Crippen molar-refractivity contribution in [3.8, 4) is 0 Å². The van der Waals surface area contributed by atoms with E-state index < -0.39 is 10.0 Å². The summed E-state index contributed by atoms with van der Waals surface area (Å²) in [4.78, 5) is 4.07. The van der Waals surface area contributed by atoms with Crippen LogP contribution in [0.15, 0.2) is 17.2 Å². The number of aromatic nitrogens is 1. The van der Waals surface area contributed by atoms with Crippen molar-refractivity contribution in [1.29, 1.82) is 0 Å². The van der Waals surface area contributed by atoms with Crippen LogP contribution in [0.1, 0.15) is 12.0 Å². The lowest BCUT2D eigenvalue weighted by Crippen LogP contribution is -2.32. The van der Waals surface area contributed by atoms with Crippen molar-refractivity contribution in [1.82, 2.24) is 9.29 Å². The number of hydrogen-bond acceptors (Lipinski definition) is 4. The first-order chi connectivity index (χ1) is 8.91. The van der Waals surface area contributed by atoms with E-state index in [1.165, 1.54) is 10.5 Å². The zero-order valence-electron chi connectivity index (χ0n) is 11.0. The minimum atomic E-state index is -3.51. The number of nitrogens with zero attached hydrogens (tertiary/aromatic N) is 2. The molecule has 0 aliphatic carbocycles. The molecule has 1 atom stereocenters. The predicted octanol–water partition coefficient (Wildman–Crippen LogP) is 1.70. The maximum Gasteiger partial charge on any atom is 0.244 e. The standard InChI is InChI=1S/C12H17ClN2O3S/c1-9-5-11(6-14-12(9)13)19(16,17)15(2)7-10-3-4-18-8-10/h5-6,10H,3-4,7-8H2,1-2H3/t10-/m1/s1. The van der Waals surface area contributed by atoms with Crippen LogP contribution in [0.4, 0.5) is 0 Å². The van der Waals surface area contributed by atoms with Crippen LogP contribution in [0.5, 0.6) is 0 Å². The summed E-state index contributed by atoms with van der Waals surface area (Å²) < 4.78 is 31.4. The van der Waals surface area contributed by atoms with Gasteiger partial charge >= 0.3 is 0 Å². The zero-order chi connectivity index (χ0) is 14.0. The summed E-state index contributed by atoms with van der Waals surface area (Å²) >= 11 is 5.81. The van der Waals surface area contributed by atoms with Gasteiger partial charge in [-0.15, -0.1) is 0 Å². The molecule has 1 aliphatic heterocycles. The Morgan fingerprint density at radius 3 is 2.89 bits per heavy atom. The molecular weight excluding hydrogens is 288 g/mol. The molecule has 0 amide bonds. The topological polar surface area (TPSA) is 59.5 Å². The number of sulfonamides is 1. The van der Waals surface area contributed by atoms with Gasteiger partial charge in [0.1, 0.15) is 10.0 Å². The van der Waals surface area contributed by atoms with E-state index in [4.69, 9.17) is 16.3 Å². The molecule has 0 unspecified atom stereocenters. The normalized spacial score (nSPS) is 20.1. The SMILES string of the molecule is Cc1cc(S(=O)(=O)N(C)C[C@H]2CCOC2)cnc1Cl. The highest BCUT2D eigenvalue weighted by atomic mass is 35.5. The molecular formula is C12H17ClN2O3S. The Labute approximate surface area is 118 Å². The summed E-state index contributed by atoms with van der Waals surface area (Å²) in [6.45, 7) is 3.53. The van der Waals surface area contributed by atoms with Crippen LogP contribution < -0.4 is 0 Å². The molecule has 7 heteroatoms. The average molecular weight is 305 g/mol. The minimum absolute atomic E-state index is 0.177. The Hall–Kier alpha value is -0.690. The van der Waals surface area contributed by atoms with Gasteiger partial charge in [0.2, 0.25) is 10.0 Å². The second-order valence-electron chi connectivity index (χ2n) is 4.79. The number of halogens is 1. The van der Waals surface area contributed by atoms with Gasteiger partial charge in [-0.1, -0.05) is 11.6 Å². The maximum atomic E-state index is 12.4. The average Bonchev–Trinajstić information content (AvgIpc) is 2.85. The van der Waals surface area contributed by atoms with Crippen molar-refractivity contribution >= 4 is 21.6 Å². The largest absolute Gasteiger partial charge is 0.381 e. The Morgan fingerprint density at radius 2 is 2.32 bits per heavy atom. The lowest BCUT2D eigenvalue weighted by Gasteiger charge is -2.20. The molecule has 0 bridgehead atoms. The Balaban J connectivity index is 2.18. The third kappa shape index (κ3) is 3.25. The fourth-order valence-corrected chi connectivity index (χ4v) is 3.42. The number of ether oxygens (including phenoxy) is 1. The lowest BCUT2D eigenvalue weighted by atomic mass is 10.1. The van der Waals surface area contributed by atoms with E-state index in [1.807, 2.05) is 0 Å². The van der Waals surface area contributed by atoms with E-state index in [0.717, 1.165) is 6.42 Å². The van der Waals surface area contributed by atoms with Gasteiger partial charge in [0.15, 0.2) is 0 Å². The maximum absolute atomic E-state index is 12.4. The van der Waals surface area contributed by atoms with Gasteiger partial charge in [-0.2, -0.15) is 0 Å². The highest BCUT2D eigenvalue weighted by Crippen LogP contribution is 2.21. The molecule has 19 heavy (non-hydrogen) atoms. The van der Waals surface area contributed by atoms with Crippen molar-refractivity contribution in [2.45, 2.75) is 18.2 Å². The molecule has 1 saturated heterocycles. The Morgan fingerprint density at radius 1 is 1.58 bits per heavy atom. The summed E-state index contributed by atoms with van der Waals surface area (Å²) in [5, 5.41) is 0.325. The molecule has 1 aromatic heterocycles. The van der Waals surface area contributed by atoms with E-state index >= 15 is 0 Å². The number of hydrogen-bond donors (Lipinski definition) is 0. The molecule has 106 valence electrons. The molecule has 1 fully saturated rings. The van der Waals surface area contributed by atoms with Crippen molar-refractivity contribution in [2.75, 3.05) is 26.8 Å². The molecule has 0 aromatic carbocycles. The highest BCUT2D eigenvalue weighted by Gasteiger charge is 2.26. The summed E-state index contributed by atoms with van der Waals surface area (Å²) in [6.07, 6.45) is 2.20. The first kappa shape index (κ1) is 14.7. The number of rotatable bonds is 4. The van der Waals surface area contributed by atoms with Crippen LogP contribution in [0.3, 0.4) is 0 Å². The monoisotopic (exact) mass is 304 g/mol. The van der Waals surface area contributed by atoms with Gasteiger partial charge in [0.05, 0.1) is 6.61 Å². The first-order valence-electron chi connectivity index (χ1n) is 6.07. The molecule has 0 N–H and O–H groups in total. The fourth-order valence-electron chi connectivity index (χ4n) is 2.04. The highest BCUT2D eigenvalue weighted by molar-refractivity contribution is 7.89. The van der Waals surface area contributed by atoms with Crippen LogP contribution in [0, 0.1) is 12.8 Å². The summed E-state index contributed by atoms with van der Waals surface area (Å²) in [5.41, 5.74) is 0.653. The Kier molecular flexibility index (Phi) is 4.45. The van der Waals surface area contributed by atoms with Crippen LogP contribution in [-0.2, 0) is 14.8 Å². The van der Waals surface area contributed by atoms with Gasteiger partial charge in [0.25, 0.3) is 0 Å². The molecule has 1 aromatic rings. The van der Waals surface area contributed by atoms with Crippen LogP contribution in [-0.4, -0.2) is 44.5 Å². The fraction of sp³-hybridized carbons (Fsp3) is 0.583. The lowest BCUT2D eigenvalue weighted by molar-refractivity contribution is 0.182. The van der Waals surface area contributed by atoms with Gasteiger partial charge < -0.3 is 4.74 Å². The van der Waals surface area contributed by atoms with Crippen molar-refractivity contribution in [3.05, 3.63) is 23.0 Å². The van der Waals surface area contributed by atoms with E-state index in [2.05, 4.69) is 4.98 Å².